The van der Waals surface area contributed by atoms with Gasteiger partial charge in [-0.15, -0.1) is 0 Å². The molecule has 0 radical (unpaired) electrons. The molecular weight excluding hydrogens is 598 g/mol. The van der Waals surface area contributed by atoms with Gasteiger partial charge in [-0.3, -0.25) is 10.1 Å². The minimum atomic E-state index is -0.952. The van der Waals surface area contributed by atoms with Crippen LogP contribution in [-0.2, 0) is 19.9 Å². The fourth-order valence-electron chi connectivity index (χ4n) is 8.47. The Bertz CT molecular complexity index is 1330. The van der Waals surface area contributed by atoms with Crippen molar-refractivity contribution >= 4 is 11.6 Å². The number of aliphatic hydroxyl groups is 2. The summed E-state index contributed by atoms with van der Waals surface area (Å²) in [5, 5.41) is 39.2. The topological polar surface area (TPSA) is 130 Å². The molecule has 10 nitrogen and oxygen atoms in total. The number of ether oxygens (including phenoxy) is 3. The first-order valence-corrected chi connectivity index (χ1v) is 17.9. The number of hydrogen-bond acceptors (Lipinski definition) is 8. The van der Waals surface area contributed by atoms with Gasteiger partial charge in [0.1, 0.15) is 36.0 Å². The second-order valence-electron chi connectivity index (χ2n) is 14.3. The van der Waals surface area contributed by atoms with Crippen molar-refractivity contribution in [3.63, 3.8) is 0 Å². The highest BCUT2D eigenvalue weighted by Gasteiger charge is 2.48. The Balaban J connectivity index is 0.992. The van der Waals surface area contributed by atoms with Crippen molar-refractivity contribution in [3.8, 4) is 11.5 Å². The molecule has 5 aliphatic rings. The van der Waals surface area contributed by atoms with Gasteiger partial charge in [-0.2, -0.15) is 0 Å². The van der Waals surface area contributed by atoms with E-state index >= 15 is 0 Å². The number of amides is 1. The quantitative estimate of drug-likeness (QED) is 0.101. The van der Waals surface area contributed by atoms with E-state index in [2.05, 4.69) is 29.7 Å². The lowest BCUT2D eigenvalue weighted by atomic mass is 9.80. The normalized spacial score (nSPS) is 26.7. The predicted molar refractivity (Wildman–Crippen MR) is 179 cm³/mol. The van der Waals surface area contributed by atoms with Crippen LogP contribution in [0.5, 0.6) is 11.5 Å². The number of piperidine rings is 3. The molecule has 5 N–H and O–H groups in total. The number of aliphatic hydroxyl groups excluding tert-OH is 1. The molecule has 1 saturated carbocycles. The smallest absolute Gasteiger partial charge is 0.262 e. The average molecular weight is 653 g/mol. The molecule has 1 amide bonds. The molecule has 4 atom stereocenters. The third kappa shape index (κ3) is 7.95. The van der Waals surface area contributed by atoms with Gasteiger partial charge in [-0.1, -0.05) is 56.5 Å². The number of phenolic OH excluding ortho intramolecular Hbond substituents is 1. The maximum absolute atomic E-state index is 12.0. The minimum absolute atomic E-state index is 0.0486. The largest absolute Gasteiger partial charge is 0.508 e. The monoisotopic (exact) mass is 652 g/mol. The van der Waals surface area contributed by atoms with E-state index in [4.69, 9.17) is 14.2 Å². The van der Waals surface area contributed by atoms with E-state index in [9.17, 15) is 20.1 Å². The molecule has 2 aromatic carbocycles. The Labute approximate surface area is 279 Å². The van der Waals surface area contributed by atoms with E-state index in [-0.39, 0.29) is 43.1 Å². The Morgan fingerprint density at radius 1 is 1.13 bits per heavy atom. The standard InChI is InChI=1S/C37H53N3O7/c1-2-9-35(38-22-32(42)30-20-29(41)21-31-36(30)46-24-34(43)39-31)45-19-8-16-40-17-14-26(15-18-40)33(23-40)47-25-37(44,28-12-6-7-13-28)27-10-4-3-5-11-27/h3-5,10-11,20-21,26,28,32-33,35,38,42,44H,2,6-9,12-19,22-25H2,1H3,(H-,39,41,43)/p+1/t26?,32-,33-,35?,37?,40?/m0/s1. The number of carbonyl (C=O) groups excluding carboxylic acids is 1. The van der Waals surface area contributed by atoms with E-state index in [1.54, 1.807) is 0 Å². The van der Waals surface area contributed by atoms with Gasteiger partial charge in [0.15, 0.2) is 6.61 Å². The van der Waals surface area contributed by atoms with Gasteiger partial charge >= 0.3 is 0 Å². The Morgan fingerprint density at radius 2 is 1.89 bits per heavy atom. The number of hydrogen-bond donors (Lipinski definition) is 5. The van der Waals surface area contributed by atoms with Gasteiger partial charge in [0.25, 0.3) is 5.91 Å². The summed E-state index contributed by atoms with van der Waals surface area (Å²) in [6.07, 6.45) is 8.49. The van der Waals surface area contributed by atoms with E-state index < -0.39 is 11.7 Å². The number of carbonyl (C=O) groups is 1. The van der Waals surface area contributed by atoms with Crippen LogP contribution >= 0.6 is 0 Å². The van der Waals surface area contributed by atoms with Crippen molar-refractivity contribution in [2.24, 2.45) is 11.8 Å². The first kappa shape index (κ1) is 34.1. The summed E-state index contributed by atoms with van der Waals surface area (Å²) in [5.74, 6) is 0.855. The summed E-state index contributed by atoms with van der Waals surface area (Å²) in [6, 6.07) is 13.1. The van der Waals surface area contributed by atoms with Gasteiger partial charge < -0.3 is 39.3 Å². The van der Waals surface area contributed by atoms with Gasteiger partial charge in [0.2, 0.25) is 0 Å². The second-order valence-corrected chi connectivity index (χ2v) is 14.3. The molecule has 3 saturated heterocycles. The van der Waals surface area contributed by atoms with E-state index in [1.807, 2.05) is 18.2 Å². The Morgan fingerprint density at radius 3 is 2.64 bits per heavy atom. The third-order valence-electron chi connectivity index (χ3n) is 11.1. The van der Waals surface area contributed by atoms with Crippen LogP contribution in [0.4, 0.5) is 5.69 Å². The van der Waals surface area contributed by atoms with Gasteiger partial charge in [-0.05, 0) is 36.8 Å². The van der Waals surface area contributed by atoms with Crippen LogP contribution in [0.1, 0.15) is 81.9 Å². The number of nitrogens with zero attached hydrogens (tertiary/aromatic N) is 1. The summed E-state index contributed by atoms with van der Waals surface area (Å²) >= 11 is 0. The fraction of sp³-hybridized carbons (Fsp3) is 0.649. The molecule has 10 heteroatoms. The molecule has 4 fully saturated rings. The predicted octanol–water partition coefficient (Wildman–Crippen LogP) is 4.58. The van der Waals surface area contributed by atoms with Crippen LogP contribution in [0.2, 0.25) is 0 Å². The number of quaternary nitrogens is 1. The van der Waals surface area contributed by atoms with Crippen molar-refractivity contribution in [1.82, 2.24) is 5.32 Å². The van der Waals surface area contributed by atoms with E-state index in [0.717, 1.165) is 55.2 Å². The maximum atomic E-state index is 12.0. The summed E-state index contributed by atoms with van der Waals surface area (Å²) in [4.78, 5) is 11.7. The zero-order valence-corrected chi connectivity index (χ0v) is 27.9. The highest BCUT2D eigenvalue weighted by molar-refractivity contribution is 5.96. The number of rotatable bonds is 16. The van der Waals surface area contributed by atoms with Crippen LogP contribution in [0, 0.1) is 11.8 Å². The highest BCUT2D eigenvalue weighted by atomic mass is 16.5. The minimum Gasteiger partial charge on any atom is -0.508 e. The van der Waals surface area contributed by atoms with Crippen molar-refractivity contribution in [2.75, 3.05) is 57.9 Å². The molecule has 4 aliphatic heterocycles. The molecule has 47 heavy (non-hydrogen) atoms. The van der Waals surface area contributed by atoms with Crippen LogP contribution < -0.4 is 15.4 Å². The molecule has 7 rings (SSSR count). The average Bonchev–Trinajstić information content (AvgIpc) is 3.64. The van der Waals surface area contributed by atoms with Crippen molar-refractivity contribution in [1.29, 1.82) is 0 Å². The highest BCUT2D eigenvalue weighted by Crippen LogP contribution is 2.43. The summed E-state index contributed by atoms with van der Waals surface area (Å²) < 4.78 is 19.6. The summed E-state index contributed by atoms with van der Waals surface area (Å²) in [5.41, 5.74) is 0.842. The van der Waals surface area contributed by atoms with E-state index in [1.165, 1.54) is 50.9 Å². The first-order valence-electron chi connectivity index (χ1n) is 17.9. The van der Waals surface area contributed by atoms with E-state index in [0.29, 0.717) is 36.1 Å². The van der Waals surface area contributed by atoms with Crippen molar-refractivity contribution in [3.05, 3.63) is 53.6 Å². The maximum Gasteiger partial charge on any atom is 0.262 e. The number of fused-ring (bicyclic) bond motifs is 4. The van der Waals surface area contributed by atoms with Crippen LogP contribution in [0.3, 0.4) is 0 Å². The zero-order chi connectivity index (χ0) is 32.9. The number of anilines is 1. The number of phenols is 1. The number of aromatic hydroxyl groups is 1. The zero-order valence-electron chi connectivity index (χ0n) is 27.9. The van der Waals surface area contributed by atoms with Crippen molar-refractivity contribution in [2.45, 2.75) is 88.7 Å². The first-order chi connectivity index (χ1) is 22.8. The Kier molecular flexibility index (Phi) is 11.1. The van der Waals surface area contributed by atoms with Gasteiger partial charge in [-0.25, -0.2) is 0 Å². The molecule has 2 aromatic rings. The molecule has 2 unspecified atom stereocenters. The second kappa shape index (κ2) is 15.2. The number of benzene rings is 2. The lowest BCUT2D eigenvalue weighted by molar-refractivity contribution is -0.946. The number of nitrogens with one attached hydrogen (secondary N) is 2. The summed E-state index contributed by atoms with van der Waals surface area (Å²) in [7, 11) is 0. The van der Waals surface area contributed by atoms with Crippen LogP contribution in [-0.4, -0.2) is 90.6 Å². The van der Waals surface area contributed by atoms with Gasteiger partial charge in [0.05, 0.1) is 44.6 Å². The Hall–Kier alpha value is -2.73. The SMILES string of the molecule is CCCC(NC[C@H](O)c1cc(O)cc2c1OCC(=O)N2)OCCC[N+]12CCC(CC1)[C@@H](OCC(O)(c1ccccc1)C1CCCC1)C2. The lowest BCUT2D eigenvalue weighted by Gasteiger charge is -2.53. The lowest BCUT2D eigenvalue weighted by Crippen LogP contribution is -2.65. The van der Waals surface area contributed by atoms with Crippen LogP contribution in [0.15, 0.2) is 42.5 Å². The molecule has 1 aliphatic carbocycles. The molecule has 258 valence electrons. The molecule has 0 spiro atoms. The summed E-state index contributed by atoms with van der Waals surface area (Å²) in [6.45, 7) is 7.58. The van der Waals surface area contributed by atoms with Gasteiger partial charge in [0, 0.05) is 43.4 Å². The molecule has 4 heterocycles. The molecule has 0 aromatic heterocycles. The van der Waals surface area contributed by atoms with Crippen LogP contribution in [0.25, 0.3) is 0 Å². The molecular formula is C37H54N3O7+. The van der Waals surface area contributed by atoms with Crippen molar-refractivity contribution < 1.29 is 38.8 Å². The fourth-order valence-corrected chi connectivity index (χ4v) is 8.47. The molecule has 2 bridgehead atoms. The third-order valence-corrected chi connectivity index (χ3v) is 11.1.